The highest BCUT2D eigenvalue weighted by Crippen LogP contribution is 2.14. The first-order chi connectivity index (χ1) is 9.92. The minimum Gasteiger partial charge on any atom is -0.381 e. The Hall–Kier alpha value is -2.33. The molecule has 0 aliphatic heterocycles. The third kappa shape index (κ3) is 3.61. The number of anilines is 1. The van der Waals surface area contributed by atoms with Crippen molar-refractivity contribution in [1.29, 1.82) is 5.26 Å². The largest absolute Gasteiger partial charge is 0.381 e. The second-order valence-corrected chi connectivity index (χ2v) is 6.80. The summed E-state index contributed by atoms with van der Waals surface area (Å²) in [6.45, 7) is 2.14. The highest BCUT2D eigenvalue weighted by atomic mass is 32.2. The van der Waals surface area contributed by atoms with E-state index < -0.39 is 9.84 Å². The molecule has 0 bridgehead atoms. The summed E-state index contributed by atoms with van der Waals surface area (Å²) in [5, 5.41) is 16.1. The van der Waals surface area contributed by atoms with Crippen LogP contribution in [0.5, 0.6) is 0 Å². The standard InChI is InChI=1S/C14H16N4O2S/c1-11-14(10-18(2)17-11)16-6-7-21(19,20)13-5-3-4-12(8-13)9-15/h3-5,8,10,16H,6-7H2,1-2H3. The maximum Gasteiger partial charge on any atom is 0.180 e. The molecule has 0 spiro atoms. The molecule has 0 radical (unpaired) electrons. The average Bonchev–Trinajstić information content (AvgIpc) is 2.77. The van der Waals surface area contributed by atoms with Gasteiger partial charge in [-0.05, 0) is 25.1 Å². The molecule has 2 rings (SSSR count). The first kappa shape index (κ1) is 15.1. The lowest BCUT2D eigenvalue weighted by Gasteiger charge is -2.06. The molecule has 1 aromatic carbocycles. The summed E-state index contributed by atoms with van der Waals surface area (Å²) in [6, 6.07) is 7.99. The number of sulfone groups is 1. The van der Waals surface area contributed by atoms with Gasteiger partial charge in [-0.25, -0.2) is 8.42 Å². The minimum absolute atomic E-state index is 0.0454. The molecule has 0 fully saturated rings. The minimum atomic E-state index is -3.41. The van der Waals surface area contributed by atoms with Gasteiger partial charge in [0.05, 0.1) is 33.7 Å². The second kappa shape index (κ2) is 5.97. The van der Waals surface area contributed by atoms with Crippen LogP contribution in [0, 0.1) is 18.3 Å². The summed E-state index contributed by atoms with van der Waals surface area (Å²) in [4.78, 5) is 0.172. The second-order valence-electron chi connectivity index (χ2n) is 4.69. The van der Waals surface area contributed by atoms with Gasteiger partial charge in [-0.3, -0.25) is 4.68 Å². The van der Waals surface area contributed by atoms with Gasteiger partial charge in [0.1, 0.15) is 0 Å². The van der Waals surface area contributed by atoms with Crippen molar-refractivity contribution in [1.82, 2.24) is 9.78 Å². The van der Waals surface area contributed by atoms with Crippen LogP contribution in [0.3, 0.4) is 0 Å². The van der Waals surface area contributed by atoms with Gasteiger partial charge in [-0.2, -0.15) is 10.4 Å². The number of nitriles is 1. The highest BCUT2D eigenvalue weighted by Gasteiger charge is 2.15. The van der Waals surface area contributed by atoms with Crippen molar-refractivity contribution >= 4 is 15.5 Å². The zero-order chi connectivity index (χ0) is 15.5. The maximum atomic E-state index is 12.2. The van der Waals surface area contributed by atoms with E-state index in [0.717, 1.165) is 11.4 Å². The van der Waals surface area contributed by atoms with E-state index in [2.05, 4.69) is 10.4 Å². The van der Waals surface area contributed by atoms with Crippen LogP contribution in [0.2, 0.25) is 0 Å². The van der Waals surface area contributed by atoms with Gasteiger partial charge in [0.15, 0.2) is 9.84 Å². The molecular weight excluding hydrogens is 288 g/mol. The molecule has 0 unspecified atom stereocenters. The predicted molar refractivity (Wildman–Crippen MR) is 79.6 cm³/mol. The van der Waals surface area contributed by atoms with Gasteiger partial charge in [-0.1, -0.05) is 6.07 Å². The third-order valence-electron chi connectivity index (χ3n) is 3.02. The van der Waals surface area contributed by atoms with E-state index in [4.69, 9.17) is 5.26 Å². The molecule has 6 nitrogen and oxygen atoms in total. The Labute approximate surface area is 123 Å². The molecule has 1 aromatic heterocycles. The van der Waals surface area contributed by atoms with Crippen molar-refractivity contribution in [2.45, 2.75) is 11.8 Å². The van der Waals surface area contributed by atoms with Crippen molar-refractivity contribution in [3.05, 3.63) is 41.7 Å². The molecule has 0 atom stereocenters. The van der Waals surface area contributed by atoms with Gasteiger partial charge in [0.2, 0.25) is 0 Å². The van der Waals surface area contributed by atoms with Crippen LogP contribution in [-0.2, 0) is 16.9 Å². The molecule has 0 saturated carbocycles. The first-order valence-electron chi connectivity index (χ1n) is 6.39. The number of nitrogens with zero attached hydrogens (tertiary/aromatic N) is 3. The summed E-state index contributed by atoms with van der Waals surface area (Å²) in [5.41, 5.74) is 1.98. The van der Waals surface area contributed by atoms with Crippen LogP contribution in [-0.4, -0.2) is 30.5 Å². The first-order valence-corrected chi connectivity index (χ1v) is 8.04. The van der Waals surface area contributed by atoms with Crippen LogP contribution in [0.4, 0.5) is 5.69 Å². The van der Waals surface area contributed by atoms with Crippen LogP contribution < -0.4 is 5.32 Å². The van der Waals surface area contributed by atoms with E-state index in [1.54, 1.807) is 23.0 Å². The topological polar surface area (TPSA) is 87.8 Å². The van der Waals surface area contributed by atoms with Crippen molar-refractivity contribution in [3.63, 3.8) is 0 Å². The predicted octanol–water partition coefficient (Wildman–Crippen LogP) is 1.49. The molecule has 0 aliphatic carbocycles. The van der Waals surface area contributed by atoms with Gasteiger partial charge < -0.3 is 5.32 Å². The number of hydrogen-bond donors (Lipinski definition) is 1. The molecule has 0 saturated heterocycles. The summed E-state index contributed by atoms with van der Waals surface area (Å²) in [7, 11) is -1.60. The lowest BCUT2D eigenvalue weighted by atomic mass is 10.2. The lowest BCUT2D eigenvalue weighted by molar-refractivity contribution is 0.596. The molecule has 0 aliphatic rings. The number of aromatic nitrogens is 2. The van der Waals surface area contributed by atoms with Crippen LogP contribution in [0.15, 0.2) is 35.4 Å². The fraction of sp³-hybridized carbons (Fsp3) is 0.286. The van der Waals surface area contributed by atoms with Crippen LogP contribution in [0.1, 0.15) is 11.3 Å². The van der Waals surface area contributed by atoms with Crippen molar-refractivity contribution in [2.75, 3.05) is 17.6 Å². The van der Waals surface area contributed by atoms with Gasteiger partial charge >= 0.3 is 0 Å². The Bertz CT molecular complexity index is 788. The molecule has 1 N–H and O–H groups in total. The third-order valence-corrected chi connectivity index (χ3v) is 4.74. The smallest absolute Gasteiger partial charge is 0.180 e. The fourth-order valence-electron chi connectivity index (χ4n) is 1.97. The zero-order valence-corrected chi connectivity index (χ0v) is 12.7. The quantitative estimate of drug-likeness (QED) is 0.904. The number of nitrogens with one attached hydrogen (secondary N) is 1. The lowest BCUT2D eigenvalue weighted by Crippen LogP contribution is -2.16. The van der Waals surface area contributed by atoms with Crippen LogP contribution >= 0.6 is 0 Å². The fourth-order valence-corrected chi connectivity index (χ4v) is 3.17. The highest BCUT2D eigenvalue weighted by molar-refractivity contribution is 7.91. The molecule has 2 aromatic rings. The van der Waals surface area contributed by atoms with E-state index in [1.165, 1.54) is 12.1 Å². The molecule has 1 heterocycles. The summed E-state index contributed by atoms with van der Waals surface area (Å²) < 4.78 is 26.1. The monoisotopic (exact) mass is 304 g/mol. The molecule has 21 heavy (non-hydrogen) atoms. The van der Waals surface area contributed by atoms with E-state index in [-0.39, 0.29) is 17.2 Å². The number of benzene rings is 1. The van der Waals surface area contributed by atoms with Gasteiger partial charge in [0, 0.05) is 19.8 Å². The van der Waals surface area contributed by atoms with Crippen molar-refractivity contribution in [3.8, 4) is 6.07 Å². The van der Waals surface area contributed by atoms with Crippen LogP contribution in [0.25, 0.3) is 0 Å². The van der Waals surface area contributed by atoms with E-state index in [0.29, 0.717) is 5.56 Å². The Balaban J connectivity index is 2.05. The summed E-state index contributed by atoms with van der Waals surface area (Å²) in [5.74, 6) is -0.0454. The number of rotatable bonds is 5. The van der Waals surface area contributed by atoms with E-state index >= 15 is 0 Å². The summed E-state index contributed by atoms with van der Waals surface area (Å²) in [6.07, 6.45) is 1.80. The Morgan fingerprint density at radius 1 is 1.43 bits per heavy atom. The molecule has 110 valence electrons. The number of hydrogen-bond acceptors (Lipinski definition) is 5. The maximum absolute atomic E-state index is 12.2. The molecule has 7 heteroatoms. The normalized spacial score (nSPS) is 11.1. The average molecular weight is 304 g/mol. The number of aryl methyl sites for hydroxylation is 2. The van der Waals surface area contributed by atoms with E-state index in [9.17, 15) is 8.42 Å². The van der Waals surface area contributed by atoms with Gasteiger partial charge in [0.25, 0.3) is 0 Å². The van der Waals surface area contributed by atoms with Gasteiger partial charge in [-0.15, -0.1) is 0 Å². The SMILES string of the molecule is Cc1nn(C)cc1NCCS(=O)(=O)c1cccc(C#N)c1. The van der Waals surface area contributed by atoms with E-state index in [1.807, 2.05) is 20.0 Å². The van der Waals surface area contributed by atoms with Crippen molar-refractivity contribution in [2.24, 2.45) is 7.05 Å². The molecular formula is C14H16N4O2S. The Kier molecular flexibility index (Phi) is 4.29. The van der Waals surface area contributed by atoms with Crippen molar-refractivity contribution < 1.29 is 8.42 Å². The Morgan fingerprint density at radius 2 is 2.19 bits per heavy atom. The molecule has 0 amide bonds. The Morgan fingerprint density at radius 3 is 2.81 bits per heavy atom. The summed E-state index contributed by atoms with van der Waals surface area (Å²) >= 11 is 0. The zero-order valence-electron chi connectivity index (χ0n) is 11.9.